The van der Waals surface area contributed by atoms with E-state index in [0.717, 1.165) is 17.5 Å². The zero-order valence-electron chi connectivity index (χ0n) is 13.1. The molecular formula is C19H14ClN3O2. The monoisotopic (exact) mass is 351 g/mol. The maximum Gasteiger partial charge on any atom is 0.271 e. The summed E-state index contributed by atoms with van der Waals surface area (Å²) in [6, 6.07) is 12.7. The van der Waals surface area contributed by atoms with Crippen molar-refractivity contribution in [3.05, 3.63) is 80.4 Å². The van der Waals surface area contributed by atoms with Crippen LogP contribution < -0.4 is 5.32 Å². The van der Waals surface area contributed by atoms with Gasteiger partial charge in [-0.05, 0) is 35.6 Å². The number of nitrogens with one attached hydrogen (secondary N) is 1. The summed E-state index contributed by atoms with van der Waals surface area (Å²) < 4.78 is 0. The Kier molecular flexibility index (Phi) is 3.70. The fourth-order valence-electron chi connectivity index (χ4n) is 3.88. The first kappa shape index (κ1) is 15.7. The summed E-state index contributed by atoms with van der Waals surface area (Å²) in [5, 5.41) is 24.8. The van der Waals surface area contributed by atoms with Crippen molar-refractivity contribution in [1.29, 1.82) is 5.26 Å². The Balaban J connectivity index is 1.85. The van der Waals surface area contributed by atoms with Gasteiger partial charge in [-0.2, -0.15) is 5.26 Å². The van der Waals surface area contributed by atoms with Crippen LogP contribution in [0.15, 0.2) is 48.6 Å². The third-order valence-corrected chi connectivity index (χ3v) is 5.27. The molecule has 0 amide bonds. The van der Waals surface area contributed by atoms with Crippen LogP contribution in [0.25, 0.3) is 0 Å². The molecule has 2 aliphatic rings. The Morgan fingerprint density at radius 2 is 2.04 bits per heavy atom. The molecule has 1 aliphatic heterocycles. The van der Waals surface area contributed by atoms with E-state index < -0.39 is 4.92 Å². The number of benzene rings is 2. The van der Waals surface area contributed by atoms with Gasteiger partial charge >= 0.3 is 0 Å². The maximum atomic E-state index is 11.2. The highest BCUT2D eigenvalue weighted by atomic mass is 35.5. The first-order valence-corrected chi connectivity index (χ1v) is 8.37. The van der Waals surface area contributed by atoms with Crippen LogP contribution in [-0.2, 0) is 0 Å². The molecule has 0 radical (unpaired) electrons. The van der Waals surface area contributed by atoms with Crippen LogP contribution in [0.4, 0.5) is 11.4 Å². The largest absolute Gasteiger partial charge is 0.377 e. The Hall–Kier alpha value is -2.84. The van der Waals surface area contributed by atoms with Crippen molar-refractivity contribution >= 4 is 23.0 Å². The average molecular weight is 352 g/mol. The van der Waals surface area contributed by atoms with Crippen molar-refractivity contribution in [3.8, 4) is 6.07 Å². The van der Waals surface area contributed by atoms with Crippen LogP contribution in [0.1, 0.15) is 35.1 Å². The molecule has 1 heterocycles. The molecule has 1 aliphatic carbocycles. The van der Waals surface area contributed by atoms with Gasteiger partial charge in [-0.1, -0.05) is 35.9 Å². The van der Waals surface area contributed by atoms with Crippen LogP contribution in [0.3, 0.4) is 0 Å². The third-order valence-electron chi connectivity index (χ3n) is 5.01. The summed E-state index contributed by atoms with van der Waals surface area (Å²) in [7, 11) is 0. The standard InChI is InChI=1S/C19H14ClN3O2/c20-13-6-4-11(5-7-13)18-16-3-1-2-15(16)17-9-14(23(24)25)8-12(10-21)19(17)22-18/h1-2,4-9,15-16,18,22H,3H2/t15-,16+,18+/m1/s1. The number of non-ortho nitro benzene ring substituents is 1. The second-order valence-corrected chi connectivity index (χ2v) is 6.79. The Morgan fingerprint density at radius 1 is 1.28 bits per heavy atom. The molecular weight excluding hydrogens is 338 g/mol. The van der Waals surface area contributed by atoms with Gasteiger partial charge < -0.3 is 5.32 Å². The van der Waals surface area contributed by atoms with E-state index in [0.29, 0.717) is 16.3 Å². The first-order chi connectivity index (χ1) is 12.1. The number of anilines is 1. The van der Waals surface area contributed by atoms with Crippen molar-refractivity contribution in [2.45, 2.75) is 18.4 Å². The fraction of sp³-hybridized carbons (Fsp3) is 0.211. The predicted octanol–water partition coefficient (Wildman–Crippen LogP) is 4.95. The summed E-state index contributed by atoms with van der Waals surface area (Å²) in [6.45, 7) is 0. The van der Waals surface area contributed by atoms with Gasteiger partial charge in [0.05, 0.1) is 22.2 Å². The molecule has 2 aromatic rings. The zero-order chi connectivity index (χ0) is 17.6. The molecule has 0 aromatic heterocycles. The topological polar surface area (TPSA) is 79.0 Å². The summed E-state index contributed by atoms with van der Waals surface area (Å²) >= 11 is 6.00. The molecule has 124 valence electrons. The highest BCUT2D eigenvalue weighted by Gasteiger charge is 2.39. The molecule has 25 heavy (non-hydrogen) atoms. The first-order valence-electron chi connectivity index (χ1n) is 7.99. The van der Waals surface area contributed by atoms with E-state index >= 15 is 0 Å². The minimum Gasteiger partial charge on any atom is -0.377 e. The van der Waals surface area contributed by atoms with E-state index in [1.165, 1.54) is 6.07 Å². The molecule has 5 nitrogen and oxygen atoms in total. The fourth-order valence-corrected chi connectivity index (χ4v) is 4.00. The number of allylic oxidation sites excluding steroid dienone is 2. The summed E-state index contributed by atoms with van der Waals surface area (Å²) in [4.78, 5) is 10.8. The molecule has 0 unspecified atom stereocenters. The number of nitro groups is 1. The van der Waals surface area contributed by atoms with Crippen molar-refractivity contribution in [1.82, 2.24) is 0 Å². The molecule has 2 aromatic carbocycles. The van der Waals surface area contributed by atoms with Gasteiger partial charge in [0.2, 0.25) is 0 Å². The lowest BCUT2D eigenvalue weighted by Crippen LogP contribution is -2.29. The van der Waals surface area contributed by atoms with Crippen LogP contribution in [0.2, 0.25) is 5.02 Å². The zero-order valence-corrected chi connectivity index (χ0v) is 13.9. The van der Waals surface area contributed by atoms with Gasteiger partial charge in [0.25, 0.3) is 5.69 Å². The molecule has 0 bridgehead atoms. The molecule has 1 N–H and O–H groups in total. The minimum absolute atomic E-state index is 0.0262. The van der Waals surface area contributed by atoms with Crippen LogP contribution in [-0.4, -0.2) is 4.92 Å². The Bertz CT molecular complexity index is 931. The Morgan fingerprint density at radius 3 is 2.72 bits per heavy atom. The second kappa shape index (κ2) is 5.91. The van der Waals surface area contributed by atoms with Crippen molar-refractivity contribution in [2.24, 2.45) is 5.92 Å². The Labute approximate surface area is 149 Å². The number of hydrogen-bond acceptors (Lipinski definition) is 4. The van der Waals surface area contributed by atoms with Crippen LogP contribution in [0, 0.1) is 27.4 Å². The molecule has 0 saturated heterocycles. The van der Waals surface area contributed by atoms with Crippen LogP contribution in [0.5, 0.6) is 0 Å². The average Bonchev–Trinajstić information content (AvgIpc) is 3.10. The van der Waals surface area contributed by atoms with Gasteiger partial charge in [0, 0.05) is 23.1 Å². The lowest BCUT2D eigenvalue weighted by atomic mass is 9.76. The van der Waals surface area contributed by atoms with Gasteiger partial charge in [0.1, 0.15) is 6.07 Å². The second-order valence-electron chi connectivity index (χ2n) is 6.35. The molecule has 0 saturated carbocycles. The smallest absolute Gasteiger partial charge is 0.271 e. The van der Waals surface area contributed by atoms with Crippen molar-refractivity contribution in [2.75, 3.05) is 5.32 Å². The van der Waals surface area contributed by atoms with Gasteiger partial charge in [-0.3, -0.25) is 10.1 Å². The minimum atomic E-state index is -0.444. The van der Waals surface area contributed by atoms with E-state index in [9.17, 15) is 15.4 Å². The molecule has 0 spiro atoms. The number of halogens is 1. The van der Waals surface area contributed by atoms with Gasteiger partial charge in [0.15, 0.2) is 0 Å². The van der Waals surface area contributed by atoms with E-state index in [-0.39, 0.29) is 23.6 Å². The van der Waals surface area contributed by atoms with E-state index in [4.69, 9.17) is 11.6 Å². The highest BCUT2D eigenvalue weighted by Crippen LogP contribution is 2.51. The van der Waals surface area contributed by atoms with E-state index in [1.807, 2.05) is 24.3 Å². The van der Waals surface area contributed by atoms with Crippen molar-refractivity contribution in [3.63, 3.8) is 0 Å². The number of nitro benzene ring substituents is 1. The van der Waals surface area contributed by atoms with Crippen molar-refractivity contribution < 1.29 is 4.92 Å². The molecule has 0 fully saturated rings. The number of fused-ring (bicyclic) bond motifs is 3. The maximum absolute atomic E-state index is 11.2. The summed E-state index contributed by atoms with van der Waals surface area (Å²) in [5.41, 5.74) is 2.88. The van der Waals surface area contributed by atoms with Gasteiger partial charge in [-0.15, -0.1) is 0 Å². The lowest BCUT2D eigenvalue weighted by Gasteiger charge is -2.37. The summed E-state index contributed by atoms with van der Waals surface area (Å²) in [6.07, 6.45) is 5.09. The molecule has 3 atom stereocenters. The number of nitrogens with zero attached hydrogens (tertiary/aromatic N) is 2. The normalized spacial score (nSPS) is 23.3. The quantitative estimate of drug-likeness (QED) is 0.472. The number of nitriles is 1. The van der Waals surface area contributed by atoms with Crippen LogP contribution >= 0.6 is 11.6 Å². The third kappa shape index (κ3) is 2.55. The number of hydrogen-bond donors (Lipinski definition) is 1. The predicted molar refractivity (Wildman–Crippen MR) is 95.6 cm³/mol. The molecule has 6 heteroatoms. The van der Waals surface area contributed by atoms with Gasteiger partial charge in [-0.25, -0.2) is 0 Å². The SMILES string of the molecule is N#Cc1cc([N+](=O)[O-])cc2c1N[C@@H](c1ccc(Cl)cc1)[C@H]1CC=C[C@@H]21. The highest BCUT2D eigenvalue weighted by molar-refractivity contribution is 6.30. The summed E-state index contributed by atoms with van der Waals surface area (Å²) in [5.74, 6) is 0.311. The number of rotatable bonds is 2. The van der Waals surface area contributed by atoms with E-state index in [2.05, 4.69) is 23.5 Å². The van der Waals surface area contributed by atoms with E-state index in [1.54, 1.807) is 6.07 Å². The lowest BCUT2D eigenvalue weighted by molar-refractivity contribution is -0.384. The molecule has 4 rings (SSSR count).